The molecule has 0 spiro atoms. The molecule has 1 aliphatic rings. The summed E-state index contributed by atoms with van der Waals surface area (Å²) in [6.45, 7) is 2.73. The number of aryl methyl sites for hydroxylation is 1. The van der Waals surface area contributed by atoms with E-state index < -0.39 is 0 Å². The summed E-state index contributed by atoms with van der Waals surface area (Å²) in [5.74, 6) is 0.752. The van der Waals surface area contributed by atoms with Gasteiger partial charge in [-0.3, -0.25) is 9.58 Å². The summed E-state index contributed by atoms with van der Waals surface area (Å²) in [5, 5.41) is 5.44. The molecule has 0 amide bonds. The van der Waals surface area contributed by atoms with Gasteiger partial charge in [0.1, 0.15) is 11.0 Å². The van der Waals surface area contributed by atoms with Gasteiger partial charge in [-0.2, -0.15) is 5.10 Å². The van der Waals surface area contributed by atoms with E-state index in [1.807, 2.05) is 7.05 Å². The third-order valence-electron chi connectivity index (χ3n) is 3.82. The zero-order valence-electron chi connectivity index (χ0n) is 11.7. The van der Waals surface area contributed by atoms with Gasteiger partial charge in [0.05, 0.1) is 24.2 Å². The monoisotopic (exact) mass is 295 g/mol. The van der Waals surface area contributed by atoms with Crippen LogP contribution in [0, 0.1) is 0 Å². The topological polar surface area (TPSA) is 56.1 Å². The van der Waals surface area contributed by atoms with Crippen LogP contribution in [0.25, 0.3) is 11.0 Å². The van der Waals surface area contributed by atoms with Gasteiger partial charge < -0.3 is 4.74 Å². The molecule has 0 atom stereocenters. The molecule has 3 rings (SSSR count). The molecule has 6 nitrogen and oxygen atoms in total. The molecule has 0 N–H and O–H groups in total. The fourth-order valence-electron chi connectivity index (χ4n) is 2.60. The van der Waals surface area contributed by atoms with Crippen LogP contribution in [-0.2, 0) is 18.3 Å². The van der Waals surface area contributed by atoms with Gasteiger partial charge in [-0.25, -0.2) is 9.97 Å². The number of rotatable bonds is 3. The highest BCUT2D eigenvalue weighted by Crippen LogP contribution is 2.21. The second-order valence-electron chi connectivity index (χ2n) is 5.15. The summed E-state index contributed by atoms with van der Waals surface area (Å²) in [6.07, 6.45) is 4.19. The van der Waals surface area contributed by atoms with E-state index in [-0.39, 0.29) is 0 Å². The number of likely N-dealkylation sites (tertiary alicyclic amines) is 1. The predicted octanol–water partition coefficient (Wildman–Crippen LogP) is 1.63. The van der Waals surface area contributed by atoms with Gasteiger partial charge >= 0.3 is 0 Å². The van der Waals surface area contributed by atoms with Crippen molar-refractivity contribution in [2.75, 3.05) is 20.2 Å². The minimum absolute atomic E-state index is 0.385. The number of piperidine rings is 1. The van der Waals surface area contributed by atoms with Crippen molar-refractivity contribution in [2.24, 2.45) is 7.05 Å². The highest BCUT2D eigenvalue weighted by Gasteiger charge is 2.20. The summed E-state index contributed by atoms with van der Waals surface area (Å²) >= 11 is 6.20. The Hall–Kier alpha value is -1.24. The maximum absolute atomic E-state index is 6.20. The van der Waals surface area contributed by atoms with Crippen LogP contribution >= 0.6 is 11.6 Å². The number of nitrogens with zero attached hydrogens (tertiary/aromatic N) is 5. The predicted molar refractivity (Wildman–Crippen MR) is 76.6 cm³/mol. The first-order chi connectivity index (χ1) is 9.67. The Kier molecular flexibility index (Phi) is 3.87. The summed E-state index contributed by atoms with van der Waals surface area (Å²) in [5.41, 5.74) is 0.784. The number of methoxy groups -OCH3 is 1. The lowest BCUT2D eigenvalue weighted by Crippen LogP contribution is -2.36. The van der Waals surface area contributed by atoms with E-state index in [4.69, 9.17) is 16.3 Å². The lowest BCUT2D eigenvalue weighted by Gasteiger charge is -2.30. The average Bonchev–Trinajstić information content (AvgIpc) is 2.82. The molecule has 1 fully saturated rings. The maximum Gasteiger partial charge on any atom is 0.162 e. The lowest BCUT2D eigenvalue weighted by atomic mass is 10.1. The zero-order chi connectivity index (χ0) is 14.1. The Morgan fingerprint density at radius 1 is 1.35 bits per heavy atom. The Morgan fingerprint density at radius 2 is 2.10 bits per heavy atom. The molecule has 1 saturated heterocycles. The first kappa shape index (κ1) is 13.7. The van der Waals surface area contributed by atoms with Crippen LogP contribution < -0.4 is 0 Å². The molecular formula is C13H18ClN5O. The van der Waals surface area contributed by atoms with Crippen molar-refractivity contribution in [2.45, 2.75) is 25.5 Å². The normalized spacial score (nSPS) is 17.9. The maximum atomic E-state index is 6.20. The highest BCUT2D eigenvalue weighted by molar-refractivity contribution is 6.33. The quantitative estimate of drug-likeness (QED) is 0.806. The standard InChI is InChI=1S/C13H18ClN5O/c1-18-13-10(7-15-18)12(14)16-11(17-13)8-19-5-3-9(20-2)4-6-19/h7,9H,3-6,8H2,1-2H3. The molecule has 0 aliphatic carbocycles. The molecular weight excluding hydrogens is 278 g/mol. The van der Waals surface area contributed by atoms with Crippen molar-refractivity contribution in [3.8, 4) is 0 Å². The first-order valence-corrected chi connectivity index (χ1v) is 7.14. The number of hydrogen-bond acceptors (Lipinski definition) is 5. The lowest BCUT2D eigenvalue weighted by molar-refractivity contribution is 0.0381. The Bertz CT molecular complexity index is 606. The second-order valence-corrected chi connectivity index (χ2v) is 5.51. The molecule has 7 heteroatoms. The Balaban J connectivity index is 1.76. The van der Waals surface area contributed by atoms with Crippen molar-refractivity contribution in [1.82, 2.24) is 24.6 Å². The highest BCUT2D eigenvalue weighted by atomic mass is 35.5. The largest absolute Gasteiger partial charge is 0.381 e. The van der Waals surface area contributed by atoms with E-state index in [0.29, 0.717) is 11.3 Å². The van der Waals surface area contributed by atoms with Crippen molar-refractivity contribution < 1.29 is 4.74 Å². The summed E-state index contributed by atoms with van der Waals surface area (Å²) in [7, 11) is 3.64. The molecule has 2 aromatic rings. The van der Waals surface area contributed by atoms with Crippen molar-refractivity contribution in [1.29, 1.82) is 0 Å². The molecule has 20 heavy (non-hydrogen) atoms. The average molecular weight is 296 g/mol. The molecule has 108 valence electrons. The summed E-state index contributed by atoms with van der Waals surface area (Å²) in [6, 6.07) is 0. The van der Waals surface area contributed by atoms with Gasteiger partial charge in [-0.05, 0) is 12.8 Å². The molecule has 2 aromatic heterocycles. The van der Waals surface area contributed by atoms with E-state index in [1.54, 1.807) is 18.0 Å². The van der Waals surface area contributed by atoms with Crippen molar-refractivity contribution in [3.05, 3.63) is 17.2 Å². The molecule has 0 bridgehead atoms. The second kappa shape index (κ2) is 5.63. The fraction of sp³-hybridized carbons (Fsp3) is 0.615. The van der Waals surface area contributed by atoms with E-state index in [9.17, 15) is 0 Å². The van der Waals surface area contributed by atoms with E-state index in [1.165, 1.54) is 0 Å². The molecule has 0 radical (unpaired) electrons. The van der Waals surface area contributed by atoms with Crippen molar-refractivity contribution >= 4 is 22.6 Å². The van der Waals surface area contributed by atoms with Crippen LogP contribution in [0.2, 0.25) is 5.15 Å². The minimum atomic E-state index is 0.385. The van der Waals surface area contributed by atoms with Crippen LogP contribution in [0.4, 0.5) is 0 Å². The number of fused-ring (bicyclic) bond motifs is 1. The fourth-order valence-corrected chi connectivity index (χ4v) is 2.83. The Labute approximate surface area is 122 Å². The first-order valence-electron chi connectivity index (χ1n) is 6.76. The van der Waals surface area contributed by atoms with Crippen LogP contribution in [0.5, 0.6) is 0 Å². The minimum Gasteiger partial charge on any atom is -0.381 e. The molecule has 1 aliphatic heterocycles. The number of halogens is 1. The third kappa shape index (κ3) is 2.63. The molecule has 0 saturated carbocycles. The van der Waals surface area contributed by atoms with Crippen LogP contribution in [0.3, 0.4) is 0 Å². The van der Waals surface area contributed by atoms with Gasteiger partial charge in [0.2, 0.25) is 0 Å². The summed E-state index contributed by atoms with van der Waals surface area (Å²) < 4.78 is 7.11. The van der Waals surface area contributed by atoms with Gasteiger partial charge in [0.15, 0.2) is 5.65 Å². The number of aromatic nitrogens is 4. The molecule has 3 heterocycles. The van der Waals surface area contributed by atoms with Gasteiger partial charge in [-0.1, -0.05) is 11.6 Å². The SMILES string of the molecule is COC1CCN(Cc2nc(Cl)c3cnn(C)c3n2)CC1. The number of ether oxygens (including phenoxy) is 1. The van der Waals surface area contributed by atoms with Crippen LogP contribution in [0.1, 0.15) is 18.7 Å². The van der Waals surface area contributed by atoms with Crippen LogP contribution in [0.15, 0.2) is 6.20 Å². The van der Waals surface area contributed by atoms with Crippen LogP contribution in [-0.4, -0.2) is 51.0 Å². The van der Waals surface area contributed by atoms with Gasteiger partial charge in [-0.15, -0.1) is 0 Å². The zero-order valence-corrected chi connectivity index (χ0v) is 12.5. The van der Waals surface area contributed by atoms with Crippen molar-refractivity contribution in [3.63, 3.8) is 0 Å². The van der Waals surface area contributed by atoms with Gasteiger partial charge in [0, 0.05) is 27.2 Å². The third-order valence-corrected chi connectivity index (χ3v) is 4.11. The Morgan fingerprint density at radius 3 is 2.80 bits per heavy atom. The molecule has 0 unspecified atom stereocenters. The van der Waals surface area contributed by atoms with E-state index >= 15 is 0 Å². The molecule has 0 aromatic carbocycles. The van der Waals surface area contributed by atoms with Gasteiger partial charge in [0.25, 0.3) is 0 Å². The number of hydrogen-bond donors (Lipinski definition) is 0. The summed E-state index contributed by atoms with van der Waals surface area (Å²) in [4.78, 5) is 11.3. The van der Waals surface area contributed by atoms with E-state index in [2.05, 4.69) is 20.0 Å². The smallest absolute Gasteiger partial charge is 0.162 e. The van der Waals surface area contributed by atoms with E-state index in [0.717, 1.165) is 49.3 Å².